The first-order valence-corrected chi connectivity index (χ1v) is 4.18. The highest BCUT2D eigenvalue weighted by Gasteiger charge is 2.21. The van der Waals surface area contributed by atoms with Crippen LogP contribution in [0, 0.1) is 0 Å². The number of aromatic nitrogens is 4. The predicted octanol–water partition coefficient (Wildman–Crippen LogP) is 0.478. The van der Waals surface area contributed by atoms with Crippen LogP contribution in [0.2, 0.25) is 0 Å². The molecule has 2 rings (SSSR count). The van der Waals surface area contributed by atoms with Gasteiger partial charge in [-0.1, -0.05) is 0 Å². The first-order chi connectivity index (χ1) is 6.63. The molecule has 0 amide bonds. The van der Waals surface area contributed by atoms with Crippen LogP contribution >= 0.6 is 0 Å². The van der Waals surface area contributed by atoms with Gasteiger partial charge in [-0.25, -0.2) is 10.9 Å². The van der Waals surface area contributed by atoms with Gasteiger partial charge in [-0.15, -0.1) is 5.10 Å². The van der Waals surface area contributed by atoms with Gasteiger partial charge in [0.05, 0.1) is 0 Å². The van der Waals surface area contributed by atoms with Crippen molar-refractivity contribution < 1.29 is 4.84 Å². The number of hydrogen-bond acceptors (Lipinski definition) is 5. The molecule has 0 aliphatic carbocycles. The summed E-state index contributed by atoms with van der Waals surface area (Å²) in [5.74, 6) is 5.19. The van der Waals surface area contributed by atoms with Gasteiger partial charge in [0.15, 0.2) is 0 Å². The van der Waals surface area contributed by atoms with E-state index >= 15 is 0 Å². The van der Waals surface area contributed by atoms with E-state index in [2.05, 4.69) is 20.4 Å². The van der Waals surface area contributed by atoms with Crippen molar-refractivity contribution in [2.24, 2.45) is 5.90 Å². The molecule has 0 atom stereocenters. The Morgan fingerprint density at radius 3 is 2.93 bits per heavy atom. The maximum Gasteiger partial charge on any atom is 0.201 e. The fourth-order valence-electron chi connectivity index (χ4n) is 1.14. The zero-order valence-electron chi connectivity index (χ0n) is 7.98. The molecule has 0 bridgehead atoms. The first-order valence-electron chi connectivity index (χ1n) is 4.18. The Bertz CT molecular complexity index is 450. The fraction of sp³-hybridized carbons (Fsp3) is 0.375. The molecule has 0 radical (unpaired) electrons. The Balaban J connectivity index is 2.53. The van der Waals surface area contributed by atoms with Crippen LogP contribution in [0.25, 0.3) is 11.2 Å². The molecule has 74 valence electrons. The van der Waals surface area contributed by atoms with Crippen LogP contribution < -0.4 is 5.90 Å². The Morgan fingerprint density at radius 1 is 1.43 bits per heavy atom. The topological polar surface area (TPSA) is 89.7 Å². The summed E-state index contributed by atoms with van der Waals surface area (Å²) in [6.45, 7) is 3.71. The van der Waals surface area contributed by atoms with Crippen molar-refractivity contribution in [1.29, 1.82) is 0 Å². The highest BCUT2D eigenvalue weighted by atomic mass is 16.6. The van der Waals surface area contributed by atoms with Crippen molar-refractivity contribution in [2.45, 2.75) is 19.4 Å². The van der Waals surface area contributed by atoms with Crippen molar-refractivity contribution in [2.75, 3.05) is 0 Å². The van der Waals surface area contributed by atoms with E-state index in [-0.39, 0.29) is 0 Å². The van der Waals surface area contributed by atoms with E-state index in [1.165, 1.54) is 0 Å². The van der Waals surface area contributed by atoms with E-state index < -0.39 is 5.60 Å². The quantitative estimate of drug-likeness (QED) is 0.677. The SMILES string of the molecule is CC(C)(ON)c1cnc2n[nH]nc2c1. The molecule has 0 fully saturated rings. The molecule has 0 aliphatic heterocycles. The standard InChI is InChI=1S/C8H11N5O/c1-8(2,14-9)5-3-6-7(10-4-5)12-13-11-6/h3-4H,9H2,1-2H3,(H,10,11,12,13). The molecule has 6 nitrogen and oxygen atoms in total. The summed E-state index contributed by atoms with van der Waals surface area (Å²) in [5.41, 5.74) is 1.58. The summed E-state index contributed by atoms with van der Waals surface area (Å²) < 4.78 is 0. The number of fused-ring (bicyclic) bond motifs is 1. The number of H-pyrrole nitrogens is 1. The van der Waals surface area contributed by atoms with Crippen LogP contribution in [0.5, 0.6) is 0 Å². The monoisotopic (exact) mass is 193 g/mol. The lowest BCUT2D eigenvalue weighted by molar-refractivity contribution is -0.0237. The highest BCUT2D eigenvalue weighted by Crippen LogP contribution is 2.23. The van der Waals surface area contributed by atoms with Gasteiger partial charge in [0, 0.05) is 11.8 Å². The third kappa shape index (κ3) is 1.34. The second-order valence-corrected chi connectivity index (χ2v) is 3.52. The Hall–Kier alpha value is -1.53. The molecule has 0 aromatic carbocycles. The summed E-state index contributed by atoms with van der Waals surface area (Å²) >= 11 is 0. The molecule has 0 spiro atoms. The summed E-state index contributed by atoms with van der Waals surface area (Å²) in [5, 5.41) is 10.3. The molecule has 0 saturated carbocycles. The number of rotatable bonds is 2. The average molecular weight is 193 g/mol. The van der Waals surface area contributed by atoms with Gasteiger partial charge in [-0.2, -0.15) is 10.3 Å². The van der Waals surface area contributed by atoms with Gasteiger partial charge >= 0.3 is 0 Å². The lowest BCUT2D eigenvalue weighted by Crippen LogP contribution is -2.25. The lowest BCUT2D eigenvalue weighted by Gasteiger charge is -2.21. The first kappa shape index (κ1) is 9.04. The molecular formula is C8H11N5O. The Labute approximate surface area is 80.4 Å². The molecule has 6 heteroatoms. The van der Waals surface area contributed by atoms with Crippen molar-refractivity contribution >= 4 is 11.2 Å². The van der Waals surface area contributed by atoms with Gasteiger partial charge in [0.1, 0.15) is 11.1 Å². The van der Waals surface area contributed by atoms with Crippen molar-refractivity contribution in [3.63, 3.8) is 0 Å². The number of pyridine rings is 1. The smallest absolute Gasteiger partial charge is 0.201 e. The van der Waals surface area contributed by atoms with Crippen LogP contribution in [0.15, 0.2) is 12.3 Å². The Kier molecular flexibility index (Phi) is 1.94. The van der Waals surface area contributed by atoms with Crippen molar-refractivity contribution in [3.05, 3.63) is 17.8 Å². The van der Waals surface area contributed by atoms with Crippen LogP contribution in [0.1, 0.15) is 19.4 Å². The molecular weight excluding hydrogens is 182 g/mol. The third-order valence-electron chi connectivity index (χ3n) is 2.16. The number of aromatic amines is 1. The molecule has 2 aromatic rings. The summed E-state index contributed by atoms with van der Waals surface area (Å²) in [6.07, 6.45) is 1.68. The fourth-order valence-corrected chi connectivity index (χ4v) is 1.14. The summed E-state index contributed by atoms with van der Waals surface area (Å²) in [4.78, 5) is 8.97. The van der Waals surface area contributed by atoms with Crippen molar-refractivity contribution in [3.8, 4) is 0 Å². The molecule has 2 heterocycles. The number of nitrogens with one attached hydrogen (secondary N) is 1. The van der Waals surface area contributed by atoms with Gasteiger partial charge in [-0.3, -0.25) is 4.84 Å². The second kappa shape index (κ2) is 3.00. The van der Waals surface area contributed by atoms with E-state index in [9.17, 15) is 0 Å². The van der Waals surface area contributed by atoms with E-state index in [0.717, 1.165) is 5.56 Å². The van der Waals surface area contributed by atoms with Gasteiger partial charge in [0.2, 0.25) is 5.65 Å². The van der Waals surface area contributed by atoms with E-state index in [4.69, 9.17) is 10.7 Å². The largest absolute Gasteiger partial charge is 0.294 e. The predicted molar refractivity (Wildman–Crippen MR) is 50.0 cm³/mol. The molecule has 3 N–H and O–H groups in total. The second-order valence-electron chi connectivity index (χ2n) is 3.52. The number of hydrogen-bond donors (Lipinski definition) is 2. The summed E-state index contributed by atoms with van der Waals surface area (Å²) in [6, 6.07) is 1.85. The maximum absolute atomic E-state index is 5.19. The third-order valence-corrected chi connectivity index (χ3v) is 2.16. The van der Waals surface area contributed by atoms with Gasteiger partial charge < -0.3 is 0 Å². The zero-order chi connectivity index (χ0) is 10.2. The zero-order valence-corrected chi connectivity index (χ0v) is 7.98. The minimum absolute atomic E-state index is 0.569. The molecule has 0 saturated heterocycles. The number of nitrogens with zero attached hydrogens (tertiary/aromatic N) is 3. The van der Waals surface area contributed by atoms with E-state index in [1.807, 2.05) is 19.9 Å². The normalized spacial score (nSPS) is 12.2. The van der Waals surface area contributed by atoms with Crippen LogP contribution in [-0.4, -0.2) is 20.4 Å². The molecule has 2 aromatic heterocycles. The van der Waals surface area contributed by atoms with Gasteiger partial charge in [-0.05, 0) is 19.9 Å². The molecule has 0 aliphatic rings. The maximum atomic E-state index is 5.19. The van der Waals surface area contributed by atoms with Crippen LogP contribution in [-0.2, 0) is 10.4 Å². The summed E-state index contributed by atoms with van der Waals surface area (Å²) in [7, 11) is 0. The van der Waals surface area contributed by atoms with Crippen LogP contribution in [0.3, 0.4) is 0 Å². The highest BCUT2D eigenvalue weighted by molar-refractivity contribution is 5.69. The minimum atomic E-state index is -0.569. The van der Waals surface area contributed by atoms with E-state index in [1.54, 1.807) is 6.20 Å². The van der Waals surface area contributed by atoms with Crippen LogP contribution in [0.4, 0.5) is 0 Å². The van der Waals surface area contributed by atoms with Gasteiger partial charge in [0.25, 0.3) is 0 Å². The Morgan fingerprint density at radius 2 is 2.21 bits per heavy atom. The minimum Gasteiger partial charge on any atom is -0.294 e. The number of nitrogens with two attached hydrogens (primary N) is 1. The van der Waals surface area contributed by atoms with E-state index in [0.29, 0.717) is 11.2 Å². The lowest BCUT2D eigenvalue weighted by atomic mass is 10.0. The average Bonchev–Trinajstić information content (AvgIpc) is 2.64. The molecule has 0 unspecified atom stereocenters. The molecule has 14 heavy (non-hydrogen) atoms. The van der Waals surface area contributed by atoms with Crippen molar-refractivity contribution in [1.82, 2.24) is 20.4 Å².